The average Bonchev–Trinajstić information content (AvgIpc) is 2.69. The van der Waals surface area contributed by atoms with E-state index in [4.69, 9.17) is 14.2 Å². The zero-order valence-corrected chi connectivity index (χ0v) is 16.0. The van der Waals surface area contributed by atoms with Crippen molar-refractivity contribution in [1.29, 1.82) is 0 Å². The molecular formula is C21H25NO6. The molecule has 0 bridgehead atoms. The second kappa shape index (κ2) is 11.6. The van der Waals surface area contributed by atoms with Crippen LogP contribution in [0, 0.1) is 10.1 Å². The van der Waals surface area contributed by atoms with Gasteiger partial charge < -0.3 is 14.2 Å². The summed E-state index contributed by atoms with van der Waals surface area (Å²) in [5.74, 6) is 1.19. The van der Waals surface area contributed by atoms with E-state index in [2.05, 4.69) is 6.92 Å². The number of unbranched alkanes of at least 4 members (excludes halogenated alkanes) is 5. The lowest BCUT2D eigenvalue weighted by atomic mass is 10.1. The molecule has 0 fully saturated rings. The van der Waals surface area contributed by atoms with Crippen LogP contribution in [0.15, 0.2) is 48.5 Å². The minimum atomic E-state index is -0.922. The van der Waals surface area contributed by atoms with E-state index in [-0.39, 0.29) is 11.4 Å². The summed E-state index contributed by atoms with van der Waals surface area (Å²) in [6, 6.07) is 11.9. The van der Waals surface area contributed by atoms with Crippen molar-refractivity contribution >= 4 is 11.8 Å². The Bertz CT molecular complexity index is 742. The van der Waals surface area contributed by atoms with Gasteiger partial charge in [-0.05, 0) is 42.8 Å². The van der Waals surface area contributed by atoms with Crippen molar-refractivity contribution in [2.75, 3.05) is 6.61 Å². The number of nitro groups is 1. The highest BCUT2D eigenvalue weighted by atomic mass is 16.7. The molecule has 0 N–H and O–H groups in total. The Hall–Kier alpha value is -3.09. The summed E-state index contributed by atoms with van der Waals surface area (Å²) in [6.07, 6.45) is 6.30. The summed E-state index contributed by atoms with van der Waals surface area (Å²) in [6.45, 7) is 2.86. The zero-order valence-electron chi connectivity index (χ0n) is 16.0. The van der Waals surface area contributed by atoms with Crippen molar-refractivity contribution in [2.45, 2.75) is 45.4 Å². The standard InChI is InChI=1S/C21H25NO6/c1-2-3-4-5-6-7-16-26-18-12-14-20(15-13-18)28-21(23)27-19-10-8-17(9-11-19)22(24)25/h8-15H,2-7,16H2,1H3. The van der Waals surface area contributed by atoms with Gasteiger partial charge in [-0.15, -0.1) is 0 Å². The molecule has 2 aromatic rings. The van der Waals surface area contributed by atoms with Crippen molar-refractivity contribution in [1.82, 2.24) is 0 Å². The van der Waals surface area contributed by atoms with Crippen LogP contribution in [0.1, 0.15) is 45.4 Å². The van der Waals surface area contributed by atoms with Crippen LogP contribution in [0.2, 0.25) is 0 Å². The summed E-state index contributed by atoms with van der Waals surface area (Å²) >= 11 is 0. The molecule has 28 heavy (non-hydrogen) atoms. The Morgan fingerprint density at radius 1 is 0.821 bits per heavy atom. The quantitative estimate of drug-likeness (QED) is 0.156. The molecule has 150 valence electrons. The smallest absolute Gasteiger partial charge is 0.494 e. The molecule has 0 saturated carbocycles. The highest BCUT2D eigenvalue weighted by Crippen LogP contribution is 2.21. The maximum atomic E-state index is 11.8. The molecule has 0 radical (unpaired) electrons. The van der Waals surface area contributed by atoms with E-state index in [0.29, 0.717) is 18.1 Å². The van der Waals surface area contributed by atoms with Gasteiger partial charge in [0.1, 0.15) is 17.2 Å². The number of nitro benzene ring substituents is 1. The van der Waals surface area contributed by atoms with Crippen LogP contribution in [0.3, 0.4) is 0 Å². The lowest BCUT2D eigenvalue weighted by Crippen LogP contribution is -2.13. The minimum Gasteiger partial charge on any atom is -0.494 e. The third-order valence-corrected chi connectivity index (χ3v) is 4.04. The Labute approximate surface area is 164 Å². The second-order valence-corrected chi connectivity index (χ2v) is 6.29. The van der Waals surface area contributed by atoms with Crippen molar-refractivity contribution < 1.29 is 23.9 Å². The molecule has 0 aliphatic carbocycles. The second-order valence-electron chi connectivity index (χ2n) is 6.29. The molecule has 0 aliphatic rings. The van der Waals surface area contributed by atoms with Gasteiger partial charge in [-0.1, -0.05) is 39.0 Å². The number of hydrogen-bond donors (Lipinski definition) is 0. The predicted octanol–water partition coefficient (Wildman–Crippen LogP) is 5.91. The van der Waals surface area contributed by atoms with Gasteiger partial charge in [-0.2, -0.15) is 0 Å². The number of hydrogen-bond acceptors (Lipinski definition) is 6. The average molecular weight is 387 g/mol. The van der Waals surface area contributed by atoms with Gasteiger partial charge >= 0.3 is 6.16 Å². The number of nitrogens with zero attached hydrogens (tertiary/aromatic N) is 1. The van der Waals surface area contributed by atoms with Gasteiger partial charge in [-0.25, -0.2) is 4.79 Å². The van der Waals surface area contributed by atoms with E-state index in [1.165, 1.54) is 49.9 Å². The van der Waals surface area contributed by atoms with Gasteiger partial charge in [-0.3, -0.25) is 10.1 Å². The van der Waals surface area contributed by atoms with E-state index in [9.17, 15) is 14.9 Å². The number of benzene rings is 2. The fourth-order valence-corrected chi connectivity index (χ4v) is 2.53. The van der Waals surface area contributed by atoms with Gasteiger partial charge in [0.25, 0.3) is 5.69 Å². The Balaban J connectivity index is 1.71. The van der Waals surface area contributed by atoms with Crippen LogP contribution >= 0.6 is 0 Å². The molecule has 0 saturated heterocycles. The molecule has 7 heteroatoms. The molecule has 0 atom stereocenters. The third-order valence-electron chi connectivity index (χ3n) is 4.04. The predicted molar refractivity (Wildman–Crippen MR) is 105 cm³/mol. The number of rotatable bonds is 11. The molecule has 0 amide bonds. The van der Waals surface area contributed by atoms with E-state index in [1.807, 2.05) is 0 Å². The first-order valence-electron chi connectivity index (χ1n) is 9.45. The maximum Gasteiger partial charge on any atom is 0.519 e. The Morgan fingerprint density at radius 3 is 1.89 bits per heavy atom. The molecule has 2 aromatic carbocycles. The molecule has 7 nitrogen and oxygen atoms in total. The molecule has 0 unspecified atom stereocenters. The highest BCUT2D eigenvalue weighted by Gasteiger charge is 2.10. The summed E-state index contributed by atoms with van der Waals surface area (Å²) in [5.41, 5.74) is -0.0859. The number of non-ortho nitro benzene ring substituents is 1. The topological polar surface area (TPSA) is 87.9 Å². The molecule has 0 aliphatic heterocycles. The molecule has 0 aromatic heterocycles. The lowest BCUT2D eigenvalue weighted by molar-refractivity contribution is -0.384. The van der Waals surface area contributed by atoms with Crippen molar-refractivity contribution in [3.8, 4) is 17.2 Å². The number of carbonyl (C=O) groups excluding carboxylic acids is 1. The van der Waals surface area contributed by atoms with Crippen LogP contribution in [0.5, 0.6) is 17.2 Å². The van der Waals surface area contributed by atoms with Crippen LogP contribution < -0.4 is 14.2 Å². The zero-order chi connectivity index (χ0) is 20.2. The lowest BCUT2D eigenvalue weighted by Gasteiger charge is -2.08. The van der Waals surface area contributed by atoms with Crippen LogP contribution in [-0.2, 0) is 0 Å². The summed E-state index contributed by atoms with van der Waals surface area (Å²) in [4.78, 5) is 21.9. The summed E-state index contributed by atoms with van der Waals surface area (Å²) < 4.78 is 15.7. The number of ether oxygens (including phenoxy) is 3. The minimum absolute atomic E-state index is 0.0859. The maximum absolute atomic E-state index is 11.8. The fraction of sp³-hybridized carbons (Fsp3) is 0.381. The van der Waals surface area contributed by atoms with E-state index in [1.54, 1.807) is 24.3 Å². The van der Waals surface area contributed by atoms with Crippen LogP contribution in [-0.4, -0.2) is 17.7 Å². The Kier molecular flexibility index (Phi) is 8.78. The first kappa shape index (κ1) is 21.2. The fourth-order valence-electron chi connectivity index (χ4n) is 2.53. The van der Waals surface area contributed by atoms with Gasteiger partial charge in [0.15, 0.2) is 0 Å². The molecule has 0 heterocycles. The highest BCUT2D eigenvalue weighted by molar-refractivity contribution is 5.67. The van der Waals surface area contributed by atoms with Crippen LogP contribution in [0.4, 0.5) is 10.5 Å². The largest absolute Gasteiger partial charge is 0.519 e. The SMILES string of the molecule is CCCCCCCCOc1ccc(OC(=O)Oc2ccc([N+](=O)[O-])cc2)cc1. The first-order chi connectivity index (χ1) is 13.6. The third kappa shape index (κ3) is 7.65. The Morgan fingerprint density at radius 2 is 1.32 bits per heavy atom. The van der Waals surface area contributed by atoms with Gasteiger partial charge in [0, 0.05) is 12.1 Å². The molecular weight excluding hydrogens is 362 g/mol. The van der Waals surface area contributed by atoms with Crippen molar-refractivity contribution in [3.63, 3.8) is 0 Å². The van der Waals surface area contributed by atoms with Crippen LogP contribution in [0.25, 0.3) is 0 Å². The van der Waals surface area contributed by atoms with Gasteiger partial charge in [0.2, 0.25) is 0 Å². The first-order valence-corrected chi connectivity index (χ1v) is 9.45. The van der Waals surface area contributed by atoms with Gasteiger partial charge in [0.05, 0.1) is 11.5 Å². The van der Waals surface area contributed by atoms with Crippen molar-refractivity contribution in [2.24, 2.45) is 0 Å². The molecule has 0 spiro atoms. The number of carbonyl (C=O) groups is 1. The summed E-state index contributed by atoms with van der Waals surface area (Å²) in [5, 5.41) is 10.6. The van der Waals surface area contributed by atoms with Crippen molar-refractivity contribution in [3.05, 3.63) is 58.6 Å². The van der Waals surface area contributed by atoms with E-state index in [0.717, 1.165) is 12.8 Å². The normalized spacial score (nSPS) is 10.3. The summed E-state index contributed by atoms with van der Waals surface area (Å²) in [7, 11) is 0. The van der Waals surface area contributed by atoms with E-state index < -0.39 is 11.1 Å². The monoisotopic (exact) mass is 387 g/mol. The van der Waals surface area contributed by atoms with E-state index >= 15 is 0 Å². The molecule has 2 rings (SSSR count).